The van der Waals surface area contributed by atoms with Gasteiger partial charge >= 0.3 is 0 Å². The maximum absolute atomic E-state index is 2.58. The molecule has 0 radical (unpaired) electrons. The third-order valence-electron chi connectivity index (χ3n) is 5.55. The van der Waals surface area contributed by atoms with Crippen LogP contribution in [0.3, 0.4) is 0 Å². The Labute approximate surface area is 142 Å². The largest absolute Gasteiger partial charge is 0.306 e. The van der Waals surface area contributed by atoms with Gasteiger partial charge in [0.05, 0.1) is 0 Å². The summed E-state index contributed by atoms with van der Waals surface area (Å²) in [6, 6.07) is 0. The van der Waals surface area contributed by atoms with E-state index in [-0.39, 0.29) is 0 Å². The first kappa shape index (κ1) is 22.0. The van der Waals surface area contributed by atoms with Gasteiger partial charge < -0.3 is 4.90 Å². The molecule has 0 rings (SSSR count). The van der Waals surface area contributed by atoms with E-state index in [0.717, 1.165) is 23.7 Å². The van der Waals surface area contributed by atoms with Crippen LogP contribution in [-0.4, -0.2) is 25.0 Å². The van der Waals surface area contributed by atoms with Crippen LogP contribution in [0.2, 0.25) is 0 Å². The zero-order valence-electron chi connectivity index (χ0n) is 16.8. The first-order chi connectivity index (χ1) is 10.4. The second-order valence-electron chi connectivity index (χ2n) is 8.14. The Hall–Kier alpha value is -0.0400. The molecule has 1 heteroatoms. The Morgan fingerprint density at radius 3 is 1.77 bits per heavy atom. The zero-order chi connectivity index (χ0) is 17.0. The molecule has 0 heterocycles. The summed E-state index contributed by atoms with van der Waals surface area (Å²) in [7, 11) is 2.32. The van der Waals surface area contributed by atoms with Crippen molar-refractivity contribution in [3.8, 4) is 0 Å². The number of hydrogen-bond acceptors (Lipinski definition) is 1. The molecule has 0 aliphatic heterocycles. The highest BCUT2D eigenvalue weighted by molar-refractivity contribution is 4.67. The summed E-state index contributed by atoms with van der Waals surface area (Å²) in [6.07, 6.45) is 11.0. The lowest BCUT2D eigenvalue weighted by Gasteiger charge is -2.25. The van der Waals surface area contributed by atoms with E-state index in [1.807, 2.05) is 0 Å². The number of nitrogens with zero attached hydrogens (tertiary/aromatic N) is 1. The fourth-order valence-electron chi connectivity index (χ4n) is 3.45. The van der Waals surface area contributed by atoms with E-state index in [0.29, 0.717) is 0 Å². The van der Waals surface area contributed by atoms with Gasteiger partial charge in [-0.15, -0.1) is 0 Å². The van der Waals surface area contributed by atoms with Crippen LogP contribution in [-0.2, 0) is 0 Å². The molecule has 1 nitrogen and oxygen atoms in total. The van der Waals surface area contributed by atoms with Gasteiger partial charge in [0.15, 0.2) is 0 Å². The zero-order valence-corrected chi connectivity index (χ0v) is 16.8. The smallest absolute Gasteiger partial charge is 0.00191 e. The molecule has 4 unspecified atom stereocenters. The summed E-state index contributed by atoms with van der Waals surface area (Å²) in [5.74, 6) is 3.62. The number of hydrogen-bond donors (Lipinski definition) is 0. The van der Waals surface area contributed by atoms with Crippen LogP contribution >= 0.6 is 0 Å². The Bertz CT molecular complexity index is 238. The fraction of sp³-hybridized carbons (Fsp3) is 1.00. The van der Waals surface area contributed by atoms with Crippen molar-refractivity contribution >= 4 is 0 Å². The Morgan fingerprint density at radius 1 is 0.682 bits per heavy atom. The minimum Gasteiger partial charge on any atom is -0.306 e. The number of rotatable bonds is 14. The van der Waals surface area contributed by atoms with Crippen LogP contribution < -0.4 is 0 Å². The maximum Gasteiger partial charge on any atom is -0.00191 e. The van der Waals surface area contributed by atoms with E-state index in [4.69, 9.17) is 0 Å². The lowest BCUT2D eigenvalue weighted by atomic mass is 9.88. The van der Waals surface area contributed by atoms with Crippen molar-refractivity contribution < 1.29 is 0 Å². The molecule has 0 spiro atoms. The Balaban J connectivity index is 3.95. The molecule has 0 N–H and O–H groups in total. The van der Waals surface area contributed by atoms with E-state index in [9.17, 15) is 0 Å². The maximum atomic E-state index is 2.58. The van der Waals surface area contributed by atoms with Gasteiger partial charge in [0, 0.05) is 0 Å². The predicted molar refractivity (Wildman–Crippen MR) is 102 cm³/mol. The molecule has 0 saturated heterocycles. The molecule has 0 aliphatic rings. The predicted octanol–water partition coefficient (Wildman–Crippen LogP) is 6.62. The highest BCUT2D eigenvalue weighted by atomic mass is 15.1. The topological polar surface area (TPSA) is 3.24 Å². The van der Waals surface area contributed by atoms with Gasteiger partial charge in [-0.2, -0.15) is 0 Å². The van der Waals surface area contributed by atoms with Crippen molar-refractivity contribution in [3.63, 3.8) is 0 Å². The summed E-state index contributed by atoms with van der Waals surface area (Å²) in [6.45, 7) is 16.8. The molecular formula is C21H45N. The van der Waals surface area contributed by atoms with Crippen LogP contribution in [0, 0.1) is 23.7 Å². The molecule has 134 valence electrons. The van der Waals surface area contributed by atoms with Crippen LogP contribution in [0.25, 0.3) is 0 Å². The second kappa shape index (κ2) is 13.4. The molecule has 4 atom stereocenters. The first-order valence-corrected chi connectivity index (χ1v) is 10.1. The monoisotopic (exact) mass is 311 g/mol. The van der Waals surface area contributed by atoms with Crippen LogP contribution in [0.1, 0.15) is 92.9 Å². The van der Waals surface area contributed by atoms with Gasteiger partial charge in [-0.3, -0.25) is 0 Å². The third-order valence-corrected chi connectivity index (χ3v) is 5.55. The van der Waals surface area contributed by atoms with Gasteiger partial charge in [0.1, 0.15) is 0 Å². The average Bonchev–Trinajstić information content (AvgIpc) is 2.50. The first-order valence-electron chi connectivity index (χ1n) is 10.1. The fourth-order valence-corrected chi connectivity index (χ4v) is 3.45. The summed E-state index contributed by atoms with van der Waals surface area (Å²) < 4.78 is 0. The molecule has 0 aromatic carbocycles. The normalized spacial score (nSPS) is 17.5. The molecule has 0 fully saturated rings. The standard InChI is InChI=1S/C21H45N/c1-8-11-21(17-19(5)10-3)13-15-22(7)14-12-20(6)16-18(4)9-2/h18-21H,8-17H2,1-7H3. The van der Waals surface area contributed by atoms with Gasteiger partial charge in [-0.05, 0) is 69.5 Å². The summed E-state index contributed by atoms with van der Waals surface area (Å²) >= 11 is 0. The highest BCUT2D eigenvalue weighted by Crippen LogP contribution is 2.23. The second-order valence-corrected chi connectivity index (χ2v) is 8.14. The van der Waals surface area contributed by atoms with Crippen LogP contribution in [0.5, 0.6) is 0 Å². The highest BCUT2D eigenvalue weighted by Gasteiger charge is 2.13. The summed E-state index contributed by atoms with van der Waals surface area (Å²) in [5, 5.41) is 0. The molecule has 0 saturated carbocycles. The van der Waals surface area contributed by atoms with Crippen molar-refractivity contribution in [1.29, 1.82) is 0 Å². The van der Waals surface area contributed by atoms with Gasteiger partial charge in [-0.1, -0.05) is 67.2 Å². The van der Waals surface area contributed by atoms with E-state index in [2.05, 4.69) is 53.5 Å². The Kier molecular flexibility index (Phi) is 13.4. The van der Waals surface area contributed by atoms with E-state index < -0.39 is 0 Å². The van der Waals surface area contributed by atoms with Crippen molar-refractivity contribution in [1.82, 2.24) is 4.90 Å². The molecular weight excluding hydrogens is 266 g/mol. The van der Waals surface area contributed by atoms with Crippen molar-refractivity contribution in [3.05, 3.63) is 0 Å². The van der Waals surface area contributed by atoms with Crippen molar-refractivity contribution in [2.45, 2.75) is 92.9 Å². The molecule has 0 aromatic rings. The Morgan fingerprint density at radius 2 is 1.23 bits per heavy atom. The average molecular weight is 312 g/mol. The quantitative estimate of drug-likeness (QED) is 0.348. The minimum atomic E-state index is 0.879. The van der Waals surface area contributed by atoms with E-state index >= 15 is 0 Å². The van der Waals surface area contributed by atoms with E-state index in [1.165, 1.54) is 64.5 Å². The lowest BCUT2D eigenvalue weighted by Crippen LogP contribution is -2.25. The molecule has 0 amide bonds. The van der Waals surface area contributed by atoms with E-state index in [1.54, 1.807) is 0 Å². The third kappa shape index (κ3) is 11.5. The summed E-state index contributed by atoms with van der Waals surface area (Å²) in [5.41, 5.74) is 0. The molecule has 0 aliphatic carbocycles. The summed E-state index contributed by atoms with van der Waals surface area (Å²) in [4.78, 5) is 2.58. The molecule has 22 heavy (non-hydrogen) atoms. The van der Waals surface area contributed by atoms with Gasteiger partial charge in [0.25, 0.3) is 0 Å². The molecule has 0 aromatic heterocycles. The SMILES string of the molecule is CCCC(CCN(C)CCC(C)CC(C)CC)CC(C)CC. The molecule has 0 bridgehead atoms. The lowest BCUT2D eigenvalue weighted by molar-refractivity contribution is 0.248. The van der Waals surface area contributed by atoms with Gasteiger partial charge in [-0.25, -0.2) is 0 Å². The van der Waals surface area contributed by atoms with Crippen LogP contribution in [0.15, 0.2) is 0 Å². The van der Waals surface area contributed by atoms with Crippen molar-refractivity contribution in [2.24, 2.45) is 23.7 Å². The van der Waals surface area contributed by atoms with Crippen LogP contribution in [0.4, 0.5) is 0 Å². The van der Waals surface area contributed by atoms with Crippen molar-refractivity contribution in [2.75, 3.05) is 20.1 Å². The van der Waals surface area contributed by atoms with Gasteiger partial charge in [0.2, 0.25) is 0 Å². The minimum absolute atomic E-state index is 0.879.